The van der Waals surface area contributed by atoms with Crippen LogP contribution < -0.4 is 0 Å². The summed E-state index contributed by atoms with van der Waals surface area (Å²) in [4.78, 5) is 8.43. The number of pyridine rings is 1. The van der Waals surface area contributed by atoms with Crippen LogP contribution in [0.4, 0.5) is 0 Å². The molecule has 0 aromatic carbocycles. The van der Waals surface area contributed by atoms with Crippen LogP contribution in [0.2, 0.25) is 0 Å². The minimum atomic E-state index is 0.355. The van der Waals surface area contributed by atoms with E-state index in [1.54, 1.807) is 18.3 Å². The lowest BCUT2D eigenvalue weighted by Gasteiger charge is -2.23. The third kappa shape index (κ3) is 2.55. The van der Waals surface area contributed by atoms with E-state index < -0.39 is 0 Å². The highest BCUT2D eigenvalue weighted by Gasteiger charge is 2.24. The van der Waals surface area contributed by atoms with Gasteiger partial charge in [0.25, 0.3) is 5.89 Å². The second-order valence-corrected chi connectivity index (χ2v) is 5.46. The smallest absolute Gasteiger partial charge is 0.258 e. The van der Waals surface area contributed by atoms with Gasteiger partial charge in [-0.15, -0.1) is 0 Å². The number of nitriles is 1. The molecule has 5 heteroatoms. The van der Waals surface area contributed by atoms with Crippen LogP contribution in [-0.2, 0) is 0 Å². The maximum absolute atomic E-state index is 8.86. The third-order valence-electron chi connectivity index (χ3n) is 3.94. The minimum absolute atomic E-state index is 0.355. The van der Waals surface area contributed by atoms with Crippen molar-refractivity contribution in [1.29, 1.82) is 5.26 Å². The highest BCUT2D eigenvalue weighted by atomic mass is 16.5. The van der Waals surface area contributed by atoms with Crippen LogP contribution in [-0.4, -0.2) is 15.1 Å². The Morgan fingerprint density at radius 2 is 2.10 bits per heavy atom. The van der Waals surface area contributed by atoms with Crippen LogP contribution in [0.1, 0.15) is 50.0 Å². The fraction of sp³-hybridized carbons (Fsp3) is 0.467. The van der Waals surface area contributed by atoms with Crippen molar-refractivity contribution in [2.75, 3.05) is 0 Å². The lowest BCUT2D eigenvalue weighted by molar-refractivity contribution is 0.329. The number of rotatable bonds is 2. The Balaban J connectivity index is 1.81. The van der Waals surface area contributed by atoms with Crippen molar-refractivity contribution < 1.29 is 4.52 Å². The maximum Gasteiger partial charge on any atom is 0.258 e. The van der Waals surface area contributed by atoms with E-state index in [4.69, 9.17) is 9.78 Å². The summed E-state index contributed by atoms with van der Waals surface area (Å²) in [6.07, 6.45) is 6.28. The molecule has 0 radical (unpaired) electrons. The number of hydrogen-bond donors (Lipinski definition) is 0. The SMILES string of the molecule is CC1CCC(c2noc(-c3ccnc(C#N)c3)n2)CC1. The van der Waals surface area contributed by atoms with E-state index in [0.717, 1.165) is 30.1 Å². The van der Waals surface area contributed by atoms with Crippen molar-refractivity contribution in [3.05, 3.63) is 29.8 Å². The lowest BCUT2D eigenvalue weighted by atomic mass is 9.83. The van der Waals surface area contributed by atoms with Gasteiger partial charge in [-0.05, 0) is 30.9 Å². The van der Waals surface area contributed by atoms with Crippen molar-refractivity contribution in [1.82, 2.24) is 15.1 Å². The normalized spacial score (nSPS) is 22.4. The van der Waals surface area contributed by atoms with Gasteiger partial charge in [0.05, 0.1) is 0 Å². The van der Waals surface area contributed by atoms with Crippen molar-refractivity contribution >= 4 is 0 Å². The number of aromatic nitrogens is 3. The van der Waals surface area contributed by atoms with E-state index in [9.17, 15) is 0 Å². The first-order valence-electron chi connectivity index (χ1n) is 6.96. The maximum atomic E-state index is 8.86. The molecule has 1 aliphatic rings. The molecule has 1 fully saturated rings. The molecular formula is C15H16N4O. The second-order valence-electron chi connectivity index (χ2n) is 5.46. The molecule has 0 aliphatic heterocycles. The molecule has 1 aliphatic carbocycles. The Morgan fingerprint density at radius 3 is 2.85 bits per heavy atom. The van der Waals surface area contributed by atoms with Crippen LogP contribution in [0, 0.1) is 17.2 Å². The molecule has 102 valence electrons. The van der Waals surface area contributed by atoms with E-state index in [0.29, 0.717) is 17.5 Å². The van der Waals surface area contributed by atoms with Crippen LogP contribution >= 0.6 is 0 Å². The molecule has 0 saturated heterocycles. The zero-order valence-corrected chi connectivity index (χ0v) is 11.4. The summed E-state index contributed by atoms with van der Waals surface area (Å²) in [7, 11) is 0. The topological polar surface area (TPSA) is 75.6 Å². The predicted octanol–water partition coefficient (Wildman–Crippen LogP) is 3.30. The van der Waals surface area contributed by atoms with E-state index in [-0.39, 0.29) is 0 Å². The summed E-state index contributed by atoms with van der Waals surface area (Å²) >= 11 is 0. The fourth-order valence-electron chi connectivity index (χ4n) is 2.66. The number of nitrogens with zero attached hydrogens (tertiary/aromatic N) is 4. The van der Waals surface area contributed by atoms with Crippen molar-refractivity contribution in [3.8, 4) is 17.5 Å². The van der Waals surface area contributed by atoms with Gasteiger partial charge < -0.3 is 4.52 Å². The average Bonchev–Trinajstić information content (AvgIpc) is 2.98. The molecule has 0 bridgehead atoms. The predicted molar refractivity (Wildman–Crippen MR) is 72.6 cm³/mol. The second kappa shape index (κ2) is 5.41. The van der Waals surface area contributed by atoms with Gasteiger partial charge in [0.2, 0.25) is 0 Å². The van der Waals surface area contributed by atoms with Crippen LogP contribution in [0.3, 0.4) is 0 Å². The molecule has 3 rings (SSSR count). The van der Waals surface area contributed by atoms with Crippen LogP contribution in [0.15, 0.2) is 22.9 Å². The van der Waals surface area contributed by atoms with E-state index in [1.165, 1.54) is 12.8 Å². The Kier molecular flexibility index (Phi) is 3.46. The lowest BCUT2D eigenvalue weighted by Crippen LogP contribution is -2.11. The van der Waals surface area contributed by atoms with Gasteiger partial charge in [-0.2, -0.15) is 10.2 Å². The molecule has 5 nitrogen and oxygen atoms in total. The summed E-state index contributed by atoms with van der Waals surface area (Å²) in [6, 6.07) is 5.46. The van der Waals surface area contributed by atoms with E-state index in [1.807, 2.05) is 6.07 Å². The van der Waals surface area contributed by atoms with Gasteiger partial charge in [0.1, 0.15) is 11.8 Å². The Hall–Kier alpha value is -2.22. The first kappa shape index (κ1) is 12.8. The van der Waals surface area contributed by atoms with Crippen molar-refractivity contribution in [3.63, 3.8) is 0 Å². The molecule has 0 amide bonds. The van der Waals surface area contributed by atoms with E-state index >= 15 is 0 Å². The van der Waals surface area contributed by atoms with Gasteiger partial charge in [-0.25, -0.2) is 4.98 Å². The summed E-state index contributed by atoms with van der Waals surface area (Å²) < 4.78 is 5.33. The Labute approximate surface area is 117 Å². The van der Waals surface area contributed by atoms with E-state index in [2.05, 4.69) is 22.0 Å². The first-order valence-corrected chi connectivity index (χ1v) is 6.96. The Morgan fingerprint density at radius 1 is 1.30 bits per heavy atom. The fourth-order valence-corrected chi connectivity index (χ4v) is 2.66. The molecule has 0 unspecified atom stereocenters. The standard InChI is InChI=1S/C15H16N4O/c1-10-2-4-11(5-3-10)14-18-15(20-19-14)12-6-7-17-13(8-12)9-16/h6-8,10-11H,2-5H2,1H3. The molecular weight excluding hydrogens is 252 g/mol. The first-order chi connectivity index (χ1) is 9.76. The van der Waals surface area contributed by atoms with Gasteiger partial charge in [-0.1, -0.05) is 24.9 Å². The van der Waals surface area contributed by atoms with Crippen molar-refractivity contribution in [2.45, 2.75) is 38.5 Å². The molecule has 2 aromatic rings. The molecule has 2 heterocycles. The molecule has 0 spiro atoms. The number of hydrogen-bond acceptors (Lipinski definition) is 5. The summed E-state index contributed by atoms with van der Waals surface area (Å²) in [5.74, 6) is 2.47. The minimum Gasteiger partial charge on any atom is -0.334 e. The summed E-state index contributed by atoms with van der Waals surface area (Å²) in [5.41, 5.74) is 1.10. The monoisotopic (exact) mass is 268 g/mol. The average molecular weight is 268 g/mol. The van der Waals surface area contributed by atoms with Crippen molar-refractivity contribution in [2.24, 2.45) is 5.92 Å². The zero-order valence-electron chi connectivity index (χ0n) is 11.4. The van der Waals surface area contributed by atoms with Gasteiger partial charge in [0.15, 0.2) is 5.82 Å². The molecule has 0 atom stereocenters. The van der Waals surface area contributed by atoms with Gasteiger partial charge >= 0.3 is 0 Å². The molecule has 20 heavy (non-hydrogen) atoms. The van der Waals surface area contributed by atoms with Crippen LogP contribution in [0.5, 0.6) is 0 Å². The highest BCUT2D eigenvalue weighted by Crippen LogP contribution is 2.34. The highest BCUT2D eigenvalue weighted by molar-refractivity contribution is 5.54. The van der Waals surface area contributed by atoms with Gasteiger partial charge in [0, 0.05) is 17.7 Å². The molecule has 0 N–H and O–H groups in total. The quantitative estimate of drug-likeness (QED) is 0.835. The largest absolute Gasteiger partial charge is 0.334 e. The zero-order chi connectivity index (χ0) is 13.9. The summed E-state index contributed by atoms with van der Waals surface area (Å²) in [5, 5.41) is 13.0. The summed E-state index contributed by atoms with van der Waals surface area (Å²) in [6.45, 7) is 2.29. The third-order valence-corrected chi connectivity index (χ3v) is 3.94. The molecule has 2 aromatic heterocycles. The Bertz CT molecular complexity index is 635. The van der Waals surface area contributed by atoms with Crippen LogP contribution in [0.25, 0.3) is 11.5 Å². The molecule has 1 saturated carbocycles. The van der Waals surface area contributed by atoms with Gasteiger partial charge in [-0.3, -0.25) is 0 Å².